The Balaban J connectivity index is 2.05. The van der Waals surface area contributed by atoms with Gasteiger partial charge in [-0.2, -0.15) is 0 Å². The molecule has 1 unspecified atom stereocenters. The van der Waals surface area contributed by atoms with Gasteiger partial charge in [0.1, 0.15) is 5.82 Å². The molecule has 0 aromatic heterocycles. The van der Waals surface area contributed by atoms with E-state index in [1.165, 1.54) is 12.1 Å². The van der Waals surface area contributed by atoms with Crippen molar-refractivity contribution in [3.63, 3.8) is 0 Å². The van der Waals surface area contributed by atoms with Gasteiger partial charge in [-0.15, -0.1) is 0 Å². The maximum Gasteiger partial charge on any atom is 0.322 e. The van der Waals surface area contributed by atoms with E-state index < -0.39 is 5.82 Å². The Hall–Kier alpha value is -1.66. The molecule has 2 amide bonds. The van der Waals surface area contributed by atoms with Crippen LogP contribution in [0.5, 0.6) is 0 Å². The first-order chi connectivity index (χ1) is 8.72. The zero-order chi connectivity index (χ0) is 13.0. The van der Waals surface area contributed by atoms with Gasteiger partial charge >= 0.3 is 6.03 Å². The number of nitrogens with zero attached hydrogens (tertiary/aromatic N) is 1. The summed E-state index contributed by atoms with van der Waals surface area (Å²) in [5.74, 6) is -0.455. The molecular weight excluding hydrogens is 237 g/mol. The summed E-state index contributed by atoms with van der Waals surface area (Å²) in [4.78, 5) is 13.6. The molecule has 6 heteroatoms. The maximum absolute atomic E-state index is 13.4. The van der Waals surface area contributed by atoms with Crippen molar-refractivity contribution < 1.29 is 13.9 Å². The number of benzene rings is 1. The van der Waals surface area contributed by atoms with Crippen molar-refractivity contribution in [2.24, 2.45) is 5.73 Å². The molecular formula is C12H16FN3O2. The SMILES string of the molecule is NCC1COCCN1C(=O)Nc1ccccc1F. The number of hydrogen-bond donors (Lipinski definition) is 2. The van der Waals surface area contributed by atoms with E-state index in [2.05, 4.69) is 5.32 Å². The lowest BCUT2D eigenvalue weighted by atomic mass is 10.2. The van der Waals surface area contributed by atoms with Crippen LogP contribution in [0.4, 0.5) is 14.9 Å². The van der Waals surface area contributed by atoms with Crippen LogP contribution in [0.1, 0.15) is 0 Å². The van der Waals surface area contributed by atoms with Crippen molar-refractivity contribution in [2.45, 2.75) is 6.04 Å². The fraction of sp³-hybridized carbons (Fsp3) is 0.417. The van der Waals surface area contributed by atoms with Crippen LogP contribution < -0.4 is 11.1 Å². The molecule has 1 atom stereocenters. The molecule has 1 aromatic rings. The molecule has 3 N–H and O–H groups in total. The number of nitrogens with two attached hydrogens (primary N) is 1. The predicted octanol–water partition coefficient (Wildman–Crippen LogP) is 1.02. The van der Waals surface area contributed by atoms with Gasteiger partial charge in [0, 0.05) is 13.1 Å². The molecule has 1 aliphatic rings. The number of rotatable bonds is 2. The highest BCUT2D eigenvalue weighted by atomic mass is 19.1. The monoisotopic (exact) mass is 253 g/mol. The summed E-state index contributed by atoms with van der Waals surface area (Å²) in [7, 11) is 0. The number of morpholine rings is 1. The molecule has 18 heavy (non-hydrogen) atoms. The Bertz CT molecular complexity index is 428. The second kappa shape index (κ2) is 5.79. The highest BCUT2D eigenvalue weighted by Gasteiger charge is 2.26. The Morgan fingerprint density at radius 2 is 2.33 bits per heavy atom. The van der Waals surface area contributed by atoms with E-state index in [9.17, 15) is 9.18 Å². The van der Waals surface area contributed by atoms with Crippen molar-refractivity contribution in [3.8, 4) is 0 Å². The van der Waals surface area contributed by atoms with E-state index in [0.717, 1.165) is 0 Å². The summed E-state index contributed by atoms with van der Waals surface area (Å²) >= 11 is 0. The average molecular weight is 253 g/mol. The second-order valence-corrected chi connectivity index (χ2v) is 4.07. The fourth-order valence-electron chi connectivity index (χ4n) is 1.87. The average Bonchev–Trinajstić information content (AvgIpc) is 2.41. The first-order valence-corrected chi connectivity index (χ1v) is 5.82. The first kappa shape index (κ1) is 12.8. The lowest BCUT2D eigenvalue weighted by Crippen LogP contribution is -2.53. The molecule has 1 aliphatic heterocycles. The number of carbonyl (C=O) groups excluding carboxylic acids is 1. The van der Waals surface area contributed by atoms with Crippen LogP contribution in [0.25, 0.3) is 0 Å². The number of carbonyl (C=O) groups is 1. The molecule has 5 nitrogen and oxygen atoms in total. The summed E-state index contributed by atoms with van der Waals surface area (Å²) in [6.45, 7) is 1.68. The summed E-state index contributed by atoms with van der Waals surface area (Å²) in [6, 6.07) is 5.55. The van der Waals surface area contributed by atoms with Crippen molar-refractivity contribution in [1.29, 1.82) is 0 Å². The van der Waals surface area contributed by atoms with Crippen LogP contribution in [-0.4, -0.2) is 43.3 Å². The molecule has 0 saturated carbocycles. The molecule has 1 heterocycles. The van der Waals surface area contributed by atoms with E-state index in [1.807, 2.05) is 0 Å². The Morgan fingerprint density at radius 3 is 3.06 bits per heavy atom. The third-order valence-electron chi connectivity index (χ3n) is 2.88. The normalized spacial score (nSPS) is 19.7. The third-order valence-corrected chi connectivity index (χ3v) is 2.88. The summed E-state index contributed by atoms with van der Waals surface area (Å²) < 4.78 is 18.7. The van der Waals surface area contributed by atoms with E-state index in [4.69, 9.17) is 10.5 Å². The van der Waals surface area contributed by atoms with Gasteiger partial charge in [-0.05, 0) is 12.1 Å². The Labute approximate surface area is 105 Å². The minimum absolute atomic E-state index is 0.162. The molecule has 1 saturated heterocycles. The minimum atomic E-state index is -0.455. The number of para-hydroxylation sites is 1. The highest BCUT2D eigenvalue weighted by Crippen LogP contribution is 2.15. The number of halogens is 1. The number of ether oxygens (including phenoxy) is 1. The van der Waals surface area contributed by atoms with Gasteiger partial charge in [0.15, 0.2) is 0 Å². The largest absolute Gasteiger partial charge is 0.377 e. The zero-order valence-corrected chi connectivity index (χ0v) is 9.93. The van der Waals surface area contributed by atoms with Gasteiger partial charge < -0.3 is 20.7 Å². The lowest BCUT2D eigenvalue weighted by molar-refractivity contribution is 0.0187. The predicted molar refractivity (Wildman–Crippen MR) is 65.8 cm³/mol. The fourth-order valence-corrected chi connectivity index (χ4v) is 1.87. The van der Waals surface area contributed by atoms with E-state index >= 15 is 0 Å². The Morgan fingerprint density at radius 1 is 1.56 bits per heavy atom. The van der Waals surface area contributed by atoms with E-state index in [0.29, 0.717) is 26.3 Å². The molecule has 0 spiro atoms. The molecule has 2 rings (SSSR count). The van der Waals surface area contributed by atoms with Gasteiger partial charge in [-0.25, -0.2) is 9.18 Å². The van der Waals surface area contributed by atoms with Crippen LogP contribution in [0.3, 0.4) is 0 Å². The maximum atomic E-state index is 13.4. The van der Waals surface area contributed by atoms with Gasteiger partial charge in [-0.1, -0.05) is 12.1 Å². The van der Waals surface area contributed by atoms with Gasteiger partial charge in [0.05, 0.1) is 24.9 Å². The van der Waals surface area contributed by atoms with Gasteiger partial charge in [0.25, 0.3) is 0 Å². The summed E-state index contributed by atoms with van der Waals surface area (Å²) in [5.41, 5.74) is 5.75. The summed E-state index contributed by atoms with van der Waals surface area (Å²) in [6.07, 6.45) is 0. The number of amides is 2. The van der Waals surface area contributed by atoms with Gasteiger partial charge in [0.2, 0.25) is 0 Å². The second-order valence-electron chi connectivity index (χ2n) is 4.07. The third kappa shape index (κ3) is 2.77. The molecule has 0 radical (unpaired) electrons. The molecule has 1 fully saturated rings. The van der Waals surface area contributed by atoms with Crippen LogP contribution in [0.15, 0.2) is 24.3 Å². The Kier molecular flexibility index (Phi) is 4.11. The molecule has 0 bridgehead atoms. The van der Waals surface area contributed by atoms with Crippen LogP contribution >= 0.6 is 0 Å². The number of nitrogens with one attached hydrogen (secondary N) is 1. The van der Waals surface area contributed by atoms with Crippen molar-refractivity contribution in [3.05, 3.63) is 30.1 Å². The van der Waals surface area contributed by atoms with E-state index in [-0.39, 0.29) is 17.8 Å². The number of urea groups is 1. The van der Waals surface area contributed by atoms with Crippen molar-refractivity contribution >= 4 is 11.7 Å². The number of hydrogen-bond acceptors (Lipinski definition) is 3. The number of anilines is 1. The highest BCUT2D eigenvalue weighted by molar-refractivity contribution is 5.89. The molecule has 0 aliphatic carbocycles. The zero-order valence-electron chi connectivity index (χ0n) is 9.93. The van der Waals surface area contributed by atoms with Crippen molar-refractivity contribution in [2.75, 3.05) is 31.6 Å². The van der Waals surface area contributed by atoms with Crippen molar-refractivity contribution in [1.82, 2.24) is 4.90 Å². The van der Waals surface area contributed by atoms with Gasteiger partial charge in [-0.3, -0.25) is 0 Å². The minimum Gasteiger partial charge on any atom is -0.377 e. The standard InChI is InChI=1S/C12H16FN3O2/c13-10-3-1-2-4-11(10)15-12(17)16-5-6-18-8-9(16)7-14/h1-4,9H,5-8,14H2,(H,15,17). The molecule has 1 aromatic carbocycles. The lowest BCUT2D eigenvalue weighted by Gasteiger charge is -2.34. The smallest absolute Gasteiger partial charge is 0.322 e. The molecule has 98 valence electrons. The van der Waals surface area contributed by atoms with Crippen LogP contribution in [-0.2, 0) is 4.74 Å². The van der Waals surface area contributed by atoms with E-state index in [1.54, 1.807) is 17.0 Å². The summed E-state index contributed by atoms with van der Waals surface area (Å²) in [5, 5.41) is 2.55. The first-order valence-electron chi connectivity index (χ1n) is 5.82. The quantitative estimate of drug-likeness (QED) is 0.826. The van der Waals surface area contributed by atoms with Crippen LogP contribution in [0.2, 0.25) is 0 Å². The van der Waals surface area contributed by atoms with Crippen LogP contribution in [0, 0.1) is 5.82 Å². The topological polar surface area (TPSA) is 67.6 Å².